The molecule has 326 valence electrons. The van der Waals surface area contributed by atoms with Crippen molar-refractivity contribution < 1.29 is 18.9 Å². The Morgan fingerprint density at radius 2 is 1.73 bits per heavy atom. The molecule has 5 aromatic rings. The Labute approximate surface area is 369 Å². The molecule has 14 nitrogen and oxygen atoms in total. The number of carbonyl (C=O) groups excluding carboxylic acids is 2. The molecule has 63 heavy (non-hydrogen) atoms. The fourth-order valence-electron chi connectivity index (χ4n) is 9.83. The van der Waals surface area contributed by atoms with Crippen molar-refractivity contribution in [1.82, 2.24) is 44.3 Å². The van der Waals surface area contributed by atoms with Crippen LogP contribution in [0, 0.1) is 13.8 Å². The molecule has 0 unspecified atom stereocenters. The molecule has 7 heterocycles. The van der Waals surface area contributed by atoms with Crippen molar-refractivity contribution in [2.45, 2.75) is 65.1 Å². The summed E-state index contributed by atoms with van der Waals surface area (Å²) in [6.45, 7) is 15.9. The average molecular weight is 849 g/mol. The lowest BCUT2D eigenvalue weighted by Crippen LogP contribution is -2.48. The summed E-state index contributed by atoms with van der Waals surface area (Å²) in [5, 5.41) is 8.92. The number of anilines is 1. The maximum Gasteiger partial charge on any atom is 0.246 e. The highest BCUT2D eigenvalue weighted by Gasteiger charge is 2.44. The summed E-state index contributed by atoms with van der Waals surface area (Å²) in [7, 11) is 0. The lowest BCUT2D eigenvalue weighted by Gasteiger charge is -2.34. The van der Waals surface area contributed by atoms with Gasteiger partial charge in [-0.2, -0.15) is 9.67 Å². The van der Waals surface area contributed by atoms with Gasteiger partial charge in [0.1, 0.15) is 29.3 Å². The number of likely N-dealkylation sites (tertiary alicyclic amines) is 1. The van der Waals surface area contributed by atoms with Crippen LogP contribution < -0.4 is 15.8 Å². The zero-order valence-electron chi connectivity index (χ0n) is 36.8. The minimum absolute atomic E-state index is 0.00743. The number of hydrogen-bond donors (Lipinski definition) is 2. The third kappa shape index (κ3) is 8.69. The zero-order chi connectivity index (χ0) is 43.7. The van der Waals surface area contributed by atoms with Crippen molar-refractivity contribution in [3.8, 4) is 22.8 Å². The summed E-state index contributed by atoms with van der Waals surface area (Å²) in [4.78, 5) is 42.0. The number of piperidine rings is 1. The maximum absolute atomic E-state index is 13.5. The standard InChI is InChI=1S/C49H57N11O3/c1-34-30-35(2)58-42(34)31-38-17-16-37(59(38)49(58,3)4)18-21-43(61)51-22-25-56-28-26-55(27-29-56)23-9-13-44(62)57-24-8-10-39(32-57)60-48-45(47(50)52-33-53-48)46(54-60)36-14-19-41(20-15-36)63-40-11-6-5-7-12-40/h5-7,9,11-17,19-20,30-31,33,39H,8,10,18,21-29,32H2,1-4H3,(H2-,50,51,52,53,54,61)/p+1/b13-9+/t39-/m1/s1. The Morgan fingerprint density at radius 1 is 0.968 bits per heavy atom. The van der Waals surface area contributed by atoms with Crippen LogP contribution in [0.3, 0.4) is 0 Å². The van der Waals surface area contributed by atoms with Crippen LogP contribution in [0.5, 0.6) is 11.5 Å². The van der Waals surface area contributed by atoms with E-state index in [1.54, 1.807) is 6.08 Å². The van der Waals surface area contributed by atoms with E-state index in [1.807, 2.05) is 70.3 Å². The minimum atomic E-state index is -0.248. The largest absolute Gasteiger partial charge is 0.457 e. The number of allylic oxidation sites excluding steroid dienone is 2. The van der Waals surface area contributed by atoms with Gasteiger partial charge in [-0.3, -0.25) is 24.0 Å². The van der Waals surface area contributed by atoms with E-state index >= 15 is 0 Å². The summed E-state index contributed by atoms with van der Waals surface area (Å²) in [6.07, 6.45) is 14.7. The fourth-order valence-corrected chi connectivity index (χ4v) is 9.83. The van der Waals surface area contributed by atoms with E-state index in [0.29, 0.717) is 55.0 Å². The molecule has 0 radical (unpaired) electrons. The normalized spacial score (nSPS) is 18.8. The van der Waals surface area contributed by atoms with Crippen LogP contribution in [0.25, 0.3) is 28.4 Å². The summed E-state index contributed by atoms with van der Waals surface area (Å²) in [5.41, 5.74) is 14.6. The highest BCUT2D eigenvalue weighted by Crippen LogP contribution is 2.38. The molecule has 2 aromatic carbocycles. The number of piperazine rings is 1. The second-order valence-corrected chi connectivity index (χ2v) is 17.6. The van der Waals surface area contributed by atoms with Crippen LogP contribution >= 0.6 is 0 Å². The van der Waals surface area contributed by atoms with E-state index in [0.717, 1.165) is 69.2 Å². The summed E-state index contributed by atoms with van der Waals surface area (Å²) in [5.74, 6) is 1.95. The maximum atomic E-state index is 13.5. The molecule has 1 atom stereocenters. The smallest absolute Gasteiger partial charge is 0.246 e. The van der Waals surface area contributed by atoms with E-state index in [9.17, 15) is 9.59 Å². The van der Waals surface area contributed by atoms with E-state index in [-0.39, 0.29) is 23.5 Å². The van der Waals surface area contributed by atoms with Crippen LogP contribution in [-0.2, 0) is 15.3 Å². The SMILES string of the molecule is Cc1cc(C)n2c1C=C1C=CC(CCC(=O)NCCN3CCN(C/C=C/C(=O)N4CCC[C@@H](n5nc(-c6ccc(Oc7ccccc7)cc6)c6c(N)ncnc65)C4)CC3)=[N+]1C2(C)C. The molecule has 2 amide bonds. The first-order valence-electron chi connectivity index (χ1n) is 22.3. The van der Waals surface area contributed by atoms with Gasteiger partial charge >= 0.3 is 0 Å². The molecule has 2 saturated heterocycles. The number of benzene rings is 2. The van der Waals surface area contributed by atoms with Crippen LogP contribution in [0.1, 0.15) is 62.5 Å². The van der Waals surface area contributed by atoms with Crippen LogP contribution in [0.4, 0.5) is 5.82 Å². The molecule has 0 spiro atoms. The molecule has 4 aliphatic rings. The van der Waals surface area contributed by atoms with E-state index < -0.39 is 0 Å². The molecule has 3 N–H and O–H groups in total. The van der Waals surface area contributed by atoms with Gasteiger partial charge in [-0.05, 0) is 74.7 Å². The van der Waals surface area contributed by atoms with E-state index in [1.165, 1.54) is 34.7 Å². The number of carbonyl (C=O) groups is 2. The third-order valence-corrected chi connectivity index (χ3v) is 12.9. The van der Waals surface area contributed by atoms with Gasteiger partial charge in [0.25, 0.3) is 0 Å². The van der Waals surface area contributed by atoms with Gasteiger partial charge < -0.3 is 20.7 Å². The highest BCUT2D eigenvalue weighted by molar-refractivity contribution is 5.98. The number of ether oxygens (including phenoxy) is 1. The van der Waals surface area contributed by atoms with Gasteiger partial charge in [-0.15, -0.1) is 0 Å². The van der Waals surface area contributed by atoms with Gasteiger partial charge in [0, 0.05) is 121 Å². The Morgan fingerprint density at radius 3 is 2.52 bits per heavy atom. The second kappa shape index (κ2) is 17.8. The number of nitrogens with zero attached hydrogens (tertiary/aromatic N) is 9. The first kappa shape index (κ1) is 41.9. The van der Waals surface area contributed by atoms with Gasteiger partial charge in [-0.1, -0.05) is 24.3 Å². The van der Waals surface area contributed by atoms with Gasteiger partial charge in [0.2, 0.25) is 23.2 Å². The predicted molar refractivity (Wildman–Crippen MR) is 246 cm³/mol. The van der Waals surface area contributed by atoms with Crippen molar-refractivity contribution >= 4 is 40.5 Å². The number of aryl methyl sites for hydroxylation is 2. The monoisotopic (exact) mass is 848 g/mol. The molecule has 0 saturated carbocycles. The molecule has 4 aliphatic heterocycles. The Hall–Kier alpha value is -6.38. The second-order valence-electron chi connectivity index (χ2n) is 17.6. The first-order chi connectivity index (χ1) is 30.5. The Bertz CT molecular complexity index is 2630. The lowest BCUT2D eigenvalue weighted by molar-refractivity contribution is -0.583. The third-order valence-electron chi connectivity index (χ3n) is 12.9. The van der Waals surface area contributed by atoms with Crippen LogP contribution in [0.2, 0.25) is 0 Å². The molecule has 14 heteroatoms. The summed E-state index contributed by atoms with van der Waals surface area (Å²) < 4.78 is 12.7. The molecule has 0 aliphatic carbocycles. The van der Waals surface area contributed by atoms with E-state index in [2.05, 4.69) is 86.2 Å². The number of hydrogen-bond acceptors (Lipinski definition) is 9. The lowest BCUT2D eigenvalue weighted by atomic mass is 10.1. The quantitative estimate of drug-likeness (QED) is 0.103. The summed E-state index contributed by atoms with van der Waals surface area (Å²) in [6, 6.07) is 19.6. The first-order valence-corrected chi connectivity index (χ1v) is 22.3. The number of para-hydroxylation sites is 1. The predicted octanol–water partition coefficient (Wildman–Crippen LogP) is 6.29. The topological polar surface area (TPSA) is 143 Å². The molecule has 0 bridgehead atoms. The number of fused-ring (bicyclic) bond motifs is 3. The number of nitrogens with two attached hydrogens (primary N) is 1. The number of nitrogens with one attached hydrogen (secondary N) is 1. The zero-order valence-corrected chi connectivity index (χ0v) is 36.8. The van der Waals surface area contributed by atoms with Crippen molar-refractivity contribution in [2.75, 3.05) is 64.6 Å². The van der Waals surface area contributed by atoms with Gasteiger partial charge in [0.15, 0.2) is 11.4 Å². The summed E-state index contributed by atoms with van der Waals surface area (Å²) >= 11 is 0. The number of aromatic nitrogens is 5. The average Bonchev–Trinajstić information content (AvgIpc) is 3.98. The van der Waals surface area contributed by atoms with Crippen molar-refractivity contribution in [1.29, 1.82) is 0 Å². The van der Waals surface area contributed by atoms with Crippen LogP contribution in [-0.4, -0.2) is 120 Å². The molecule has 9 rings (SSSR count). The molecule has 3 aromatic heterocycles. The van der Waals surface area contributed by atoms with Crippen molar-refractivity contribution in [3.63, 3.8) is 0 Å². The Balaban J connectivity index is 0.725. The van der Waals surface area contributed by atoms with E-state index in [4.69, 9.17) is 15.6 Å². The number of amides is 2. The molecular formula is C49H58N11O3+. The molecular weight excluding hydrogens is 791 g/mol. The van der Waals surface area contributed by atoms with Crippen molar-refractivity contribution in [2.24, 2.45) is 0 Å². The van der Waals surface area contributed by atoms with Crippen molar-refractivity contribution in [3.05, 3.63) is 114 Å². The minimum Gasteiger partial charge on any atom is -0.457 e. The van der Waals surface area contributed by atoms with Gasteiger partial charge in [0.05, 0.1) is 17.1 Å². The van der Waals surface area contributed by atoms with Crippen LogP contribution in [0.15, 0.2) is 97.0 Å². The highest BCUT2D eigenvalue weighted by atomic mass is 16.5. The Kier molecular flexibility index (Phi) is 11.8. The van der Waals surface area contributed by atoms with Gasteiger partial charge in [-0.25, -0.2) is 14.6 Å². The molecule has 2 fully saturated rings. The number of nitrogen functional groups attached to an aromatic ring is 1. The number of rotatable bonds is 13. The fraction of sp³-hybridized carbons (Fsp3) is 0.388.